The minimum Gasteiger partial charge on any atom is -0.387 e. The van der Waals surface area contributed by atoms with Gasteiger partial charge in [-0.25, -0.2) is 0 Å². The zero-order valence-electron chi connectivity index (χ0n) is 7.35. The normalized spacial score (nSPS) is 17.5. The Hall–Kier alpha value is -0.760. The summed E-state index contributed by atoms with van der Waals surface area (Å²) in [7, 11) is 1.74. The van der Waals surface area contributed by atoms with Crippen LogP contribution < -0.4 is 5.32 Å². The molecule has 0 aliphatic carbocycles. The second-order valence-electron chi connectivity index (χ2n) is 3.15. The van der Waals surface area contributed by atoms with Crippen molar-refractivity contribution < 1.29 is 4.74 Å². The molecule has 1 aliphatic heterocycles. The number of allylic oxidation sites excluding steroid dienone is 2. The zero-order chi connectivity index (χ0) is 8.32. The summed E-state index contributed by atoms with van der Waals surface area (Å²) < 4.78 is 5.33. The Kier molecular flexibility index (Phi) is 2.35. The standard InChI is InChI=1S/C9H15NO/c1-9(2,11-3)8-5-4-6-10-7-8/h4-6,10H,7H2,1-3H3. The Bertz CT molecular complexity index is 192. The highest BCUT2D eigenvalue weighted by Crippen LogP contribution is 2.20. The Morgan fingerprint density at radius 2 is 2.27 bits per heavy atom. The molecule has 0 bridgehead atoms. The van der Waals surface area contributed by atoms with Gasteiger partial charge in [-0.15, -0.1) is 0 Å². The first-order chi connectivity index (χ1) is 5.17. The van der Waals surface area contributed by atoms with Gasteiger partial charge < -0.3 is 10.1 Å². The van der Waals surface area contributed by atoms with E-state index in [1.807, 2.05) is 12.3 Å². The molecule has 0 aromatic rings. The van der Waals surface area contributed by atoms with Crippen LogP contribution in [0.3, 0.4) is 0 Å². The predicted octanol–water partition coefficient (Wildman–Crippen LogP) is 1.45. The first kappa shape index (κ1) is 8.34. The average molecular weight is 153 g/mol. The van der Waals surface area contributed by atoms with E-state index >= 15 is 0 Å². The maximum absolute atomic E-state index is 5.33. The fourth-order valence-corrected chi connectivity index (χ4v) is 1.00. The molecule has 0 aromatic carbocycles. The lowest BCUT2D eigenvalue weighted by atomic mass is 9.96. The van der Waals surface area contributed by atoms with Crippen molar-refractivity contribution >= 4 is 0 Å². The fraction of sp³-hybridized carbons (Fsp3) is 0.556. The smallest absolute Gasteiger partial charge is 0.0851 e. The third kappa shape index (κ3) is 1.84. The molecule has 11 heavy (non-hydrogen) atoms. The van der Waals surface area contributed by atoms with Crippen molar-refractivity contribution in [1.29, 1.82) is 0 Å². The van der Waals surface area contributed by atoms with Gasteiger partial charge in [0, 0.05) is 13.7 Å². The van der Waals surface area contributed by atoms with Gasteiger partial charge in [0.25, 0.3) is 0 Å². The van der Waals surface area contributed by atoms with Gasteiger partial charge in [0.1, 0.15) is 0 Å². The van der Waals surface area contributed by atoms with Gasteiger partial charge in [-0.2, -0.15) is 0 Å². The molecule has 2 nitrogen and oxygen atoms in total. The molecule has 0 radical (unpaired) electrons. The van der Waals surface area contributed by atoms with Crippen LogP contribution in [-0.2, 0) is 4.74 Å². The SMILES string of the molecule is COC(C)(C)C1=CC=CNC1. The molecular formula is C9H15NO. The Morgan fingerprint density at radius 3 is 2.73 bits per heavy atom. The van der Waals surface area contributed by atoms with Crippen LogP contribution >= 0.6 is 0 Å². The molecule has 0 saturated carbocycles. The molecule has 0 atom stereocenters. The van der Waals surface area contributed by atoms with Gasteiger partial charge in [-0.05, 0) is 31.7 Å². The van der Waals surface area contributed by atoms with Crippen molar-refractivity contribution in [2.45, 2.75) is 19.4 Å². The summed E-state index contributed by atoms with van der Waals surface area (Å²) in [5.74, 6) is 0. The third-order valence-electron chi connectivity index (χ3n) is 2.09. The third-order valence-corrected chi connectivity index (χ3v) is 2.09. The highest BCUT2D eigenvalue weighted by atomic mass is 16.5. The summed E-state index contributed by atoms with van der Waals surface area (Å²) in [6, 6.07) is 0. The second kappa shape index (κ2) is 3.09. The molecule has 0 fully saturated rings. The van der Waals surface area contributed by atoms with E-state index in [1.165, 1.54) is 5.57 Å². The maximum Gasteiger partial charge on any atom is 0.0851 e. The summed E-state index contributed by atoms with van der Waals surface area (Å²) in [4.78, 5) is 0. The molecule has 0 aromatic heterocycles. The number of rotatable bonds is 2. The van der Waals surface area contributed by atoms with Crippen LogP contribution in [0.1, 0.15) is 13.8 Å². The van der Waals surface area contributed by atoms with Crippen LogP contribution in [0.5, 0.6) is 0 Å². The molecule has 2 heteroatoms. The number of hydrogen-bond acceptors (Lipinski definition) is 2. The minimum absolute atomic E-state index is 0.141. The fourth-order valence-electron chi connectivity index (χ4n) is 1.00. The van der Waals surface area contributed by atoms with Crippen LogP contribution in [-0.4, -0.2) is 19.3 Å². The summed E-state index contributed by atoms with van der Waals surface area (Å²) in [5, 5.41) is 3.15. The van der Waals surface area contributed by atoms with Crippen molar-refractivity contribution in [2.24, 2.45) is 0 Å². The number of hydrogen-bond donors (Lipinski definition) is 1. The van der Waals surface area contributed by atoms with E-state index in [2.05, 4.69) is 25.2 Å². The number of dihydropyridines is 1. The molecule has 1 N–H and O–H groups in total. The Balaban J connectivity index is 2.72. The second-order valence-corrected chi connectivity index (χ2v) is 3.15. The number of methoxy groups -OCH3 is 1. The average Bonchev–Trinajstić information content (AvgIpc) is 2.06. The molecule has 1 heterocycles. The van der Waals surface area contributed by atoms with Gasteiger partial charge in [0.2, 0.25) is 0 Å². The van der Waals surface area contributed by atoms with Gasteiger partial charge >= 0.3 is 0 Å². The molecule has 0 saturated heterocycles. The van der Waals surface area contributed by atoms with Crippen LogP contribution in [0.25, 0.3) is 0 Å². The van der Waals surface area contributed by atoms with Crippen LogP contribution in [0.15, 0.2) is 23.9 Å². The van der Waals surface area contributed by atoms with E-state index in [-0.39, 0.29) is 5.60 Å². The Morgan fingerprint density at radius 1 is 1.55 bits per heavy atom. The molecule has 1 aliphatic rings. The van der Waals surface area contributed by atoms with Crippen LogP contribution in [0.4, 0.5) is 0 Å². The Labute approximate surface area is 67.9 Å². The van der Waals surface area contributed by atoms with Crippen LogP contribution in [0.2, 0.25) is 0 Å². The van der Waals surface area contributed by atoms with E-state index < -0.39 is 0 Å². The first-order valence-corrected chi connectivity index (χ1v) is 3.81. The van der Waals surface area contributed by atoms with E-state index in [9.17, 15) is 0 Å². The van der Waals surface area contributed by atoms with Crippen molar-refractivity contribution in [3.05, 3.63) is 23.9 Å². The minimum atomic E-state index is -0.141. The van der Waals surface area contributed by atoms with E-state index in [0.717, 1.165) is 6.54 Å². The van der Waals surface area contributed by atoms with Crippen molar-refractivity contribution in [3.63, 3.8) is 0 Å². The summed E-state index contributed by atoms with van der Waals surface area (Å²) in [6.45, 7) is 5.02. The lowest BCUT2D eigenvalue weighted by molar-refractivity contribution is 0.0532. The van der Waals surface area contributed by atoms with Crippen LogP contribution in [0, 0.1) is 0 Å². The van der Waals surface area contributed by atoms with Gasteiger partial charge in [-0.3, -0.25) is 0 Å². The largest absolute Gasteiger partial charge is 0.387 e. The monoisotopic (exact) mass is 153 g/mol. The summed E-state index contributed by atoms with van der Waals surface area (Å²) in [6.07, 6.45) is 6.04. The van der Waals surface area contributed by atoms with Crippen molar-refractivity contribution in [1.82, 2.24) is 5.32 Å². The lowest BCUT2D eigenvalue weighted by Gasteiger charge is -2.27. The highest BCUT2D eigenvalue weighted by molar-refractivity contribution is 5.25. The summed E-state index contributed by atoms with van der Waals surface area (Å²) >= 11 is 0. The zero-order valence-corrected chi connectivity index (χ0v) is 7.35. The molecule has 0 amide bonds. The molecule has 0 spiro atoms. The quantitative estimate of drug-likeness (QED) is 0.648. The summed E-state index contributed by atoms with van der Waals surface area (Å²) in [5.41, 5.74) is 1.14. The van der Waals surface area contributed by atoms with E-state index in [0.29, 0.717) is 0 Å². The van der Waals surface area contributed by atoms with Crippen molar-refractivity contribution in [3.8, 4) is 0 Å². The van der Waals surface area contributed by atoms with E-state index in [4.69, 9.17) is 4.74 Å². The molecule has 1 rings (SSSR count). The molecule has 0 unspecified atom stereocenters. The lowest BCUT2D eigenvalue weighted by Crippen LogP contribution is -2.31. The number of nitrogens with one attached hydrogen (secondary N) is 1. The highest BCUT2D eigenvalue weighted by Gasteiger charge is 2.21. The van der Waals surface area contributed by atoms with E-state index in [1.54, 1.807) is 7.11 Å². The topological polar surface area (TPSA) is 21.3 Å². The van der Waals surface area contributed by atoms with Gasteiger partial charge in [0.15, 0.2) is 0 Å². The number of ether oxygens (including phenoxy) is 1. The van der Waals surface area contributed by atoms with Gasteiger partial charge in [-0.1, -0.05) is 6.08 Å². The molecular weight excluding hydrogens is 138 g/mol. The first-order valence-electron chi connectivity index (χ1n) is 3.81. The molecule has 62 valence electrons. The van der Waals surface area contributed by atoms with Crippen molar-refractivity contribution in [2.75, 3.05) is 13.7 Å². The van der Waals surface area contributed by atoms with Gasteiger partial charge in [0.05, 0.1) is 5.60 Å². The maximum atomic E-state index is 5.33. The predicted molar refractivity (Wildman–Crippen MR) is 46.3 cm³/mol.